The zero-order valence-corrected chi connectivity index (χ0v) is 16.9. The Kier molecular flexibility index (Phi) is 5.67. The van der Waals surface area contributed by atoms with Crippen LogP contribution in [-0.2, 0) is 0 Å². The molecule has 3 rings (SSSR count). The quantitative estimate of drug-likeness (QED) is 0.289. The highest BCUT2D eigenvalue weighted by Gasteiger charge is 2.18. The molecule has 0 aromatic carbocycles. The van der Waals surface area contributed by atoms with Crippen molar-refractivity contribution in [3.63, 3.8) is 0 Å². The van der Waals surface area contributed by atoms with Crippen molar-refractivity contribution >= 4 is 64.1 Å². The Hall–Kier alpha value is -0.700. The monoisotopic (exact) mass is 468 g/mol. The maximum Gasteiger partial charge on any atom is 0.0604 e. The first-order valence-corrected chi connectivity index (χ1v) is 12.3. The lowest BCUT2D eigenvalue weighted by Gasteiger charge is -1.95. The van der Waals surface area contributed by atoms with Crippen LogP contribution < -0.4 is 0 Å². The number of halogens is 1. The highest BCUT2D eigenvalue weighted by atomic mass is 127. The van der Waals surface area contributed by atoms with E-state index >= 15 is 0 Å². The third kappa shape index (κ3) is 3.29. The van der Waals surface area contributed by atoms with E-state index in [1.54, 1.807) is 34.0 Å². The van der Waals surface area contributed by atoms with E-state index in [9.17, 15) is 0 Å². The first kappa shape index (κ1) is 16.2. The van der Waals surface area contributed by atoms with Gasteiger partial charge in [-0.05, 0) is 54.8 Å². The number of hydrogen-bond donors (Lipinski definition) is 0. The third-order valence-corrected chi connectivity index (χ3v) is 6.43. The largest absolute Gasteiger partial charge is 0.152 e. The molecule has 0 saturated heterocycles. The first-order chi connectivity index (χ1) is 10.8. The Morgan fingerprint density at radius 3 is 2.00 bits per heavy atom. The Morgan fingerprint density at radius 2 is 1.55 bits per heavy atom. The Labute approximate surface area is 158 Å². The standard InChI is InChI=1S/C17H9IS4/c1-2-3-14-15(6-9-21-18)17(13-5-8-20-11-13)22-16(14)12-4-7-19-10-12/h4-5,7-8,10-11H,1H3. The van der Waals surface area contributed by atoms with Gasteiger partial charge in [0.2, 0.25) is 0 Å². The lowest BCUT2D eigenvalue weighted by molar-refractivity contribution is 1.70. The van der Waals surface area contributed by atoms with Crippen molar-refractivity contribution in [2.24, 2.45) is 0 Å². The number of rotatable bonds is 2. The molecule has 22 heavy (non-hydrogen) atoms. The molecule has 0 nitrogen and oxygen atoms in total. The second-order valence-electron chi connectivity index (χ2n) is 4.21. The maximum absolute atomic E-state index is 3.31. The minimum absolute atomic E-state index is 1.06. The van der Waals surface area contributed by atoms with Crippen molar-refractivity contribution in [2.45, 2.75) is 6.92 Å². The molecule has 0 aliphatic rings. The fourth-order valence-electron chi connectivity index (χ4n) is 2.06. The molecule has 0 N–H and O–H groups in total. The number of hydrogen-bond acceptors (Lipinski definition) is 4. The predicted octanol–water partition coefficient (Wildman–Crippen LogP) is 6.97. The molecular weight excluding hydrogens is 459 g/mol. The fourth-order valence-corrected chi connectivity index (χ4v) is 5.18. The molecule has 3 heterocycles. The van der Waals surface area contributed by atoms with E-state index in [4.69, 9.17) is 0 Å². The lowest BCUT2D eigenvalue weighted by atomic mass is 10.0. The summed E-state index contributed by atoms with van der Waals surface area (Å²) in [4.78, 5) is 2.44. The zero-order valence-electron chi connectivity index (χ0n) is 11.5. The average molecular weight is 468 g/mol. The van der Waals surface area contributed by atoms with Gasteiger partial charge >= 0.3 is 0 Å². The van der Waals surface area contributed by atoms with E-state index in [0.717, 1.165) is 11.1 Å². The van der Waals surface area contributed by atoms with Gasteiger partial charge in [0.25, 0.3) is 0 Å². The van der Waals surface area contributed by atoms with Gasteiger partial charge < -0.3 is 0 Å². The van der Waals surface area contributed by atoms with Crippen LogP contribution in [0.25, 0.3) is 20.9 Å². The summed E-state index contributed by atoms with van der Waals surface area (Å²) in [6.45, 7) is 1.88. The molecule has 0 atom stereocenters. The van der Waals surface area contributed by atoms with Crippen molar-refractivity contribution < 1.29 is 0 Å². The summed E-state index contributed by atoms with van der Waals surface area (Å²) in [6, 6.07) is 4.30. The molecule has 0 saturated carbocycles. The van der Waals surface area contributed by atoms with Gasteiger partial charge in [-0.1, -0.05) is 11.8 Å². The maximum atomic E-state index is 3.31. The SMILES string of the molecule is CC#Cc1c(-c2ccsc2)sc(-c2ccsc2)c1C#CSI. The third-order valence-electron chi connectivity index (χ3n) is 2.94. The van der Waals surface area contributed by atoms with Gasteiger partial charge in [0, 0.05) is 32.3 Å². The molecule has 3 aromatic rings. The second kappa shape index (κ2) is 7.72. The van der Waals surface area contributed by atoms with Crippen LogP contribution in [0.2, 0.25) is 0 Å². The average Bonchev–Trinajstić information content (AvgIpc) is 3.26. The highest BCUT2D eigenvalue weighted by molar-refractivity contribution is 14.2. The van der Waals surface area contributed by atoms with Crippen LogP contribution in [0.15, 0.2) is 33.7 Å². The summed E-state index contributed by atoms with van der Waals surface area (Å²) in [6.07, 6.45) is 0. The van der Waals surface area contributed by atoms with Gasteiger partial charge in [0.1, 0.15) is 0 Å². The predicted molar refractivity (Wildman–Crippen MR) is 112 cm³/mol. The molecule has 0 bridgehead atoms. The smallest absolute Gasteiger partial charge is 0.0604 e. The van der Waals surface area contributed by atoms with Gasteiger partial charge in [-0.2, -0.15) is 22.7 Å². The summed E-state index contributed by atoms with van der Waals surface area (Å²) in [5.41, 5.74) is 4.59. The minimum atomic E-state index is 1.06. The molecular formula is C17H9IS4. The van der Waals surface area contributed by atoms with Crippen LogP contribution in [0.5, 0.6) is 0 Å². The molecule has 0 unspecified atom stereocenters. The summed E-state index contributed by atoms with van der Waals surface area (Å²) in [7, 11) is 1.51. The van der Waals surface area contributed by atoms with Crippen LogP contribution in [0.4, 0.5) is 0 Å². The van der Waals surface area contributed by atoms with Crippen LogP contribution >= 0.6 is 64.1 Å². The summed E-state index contributed by atoms with van der Waals surface area (Å²) < 4.78 is 0. The van der Waals surface area contributed by atoms with E-state index < -0.39 is 0 Å². The molecule has 5 heteroatoms. The normalized spacial score (nSPS) is 9.73. The fraction of sp³-hybridized carbons (Fsp3) is 0.0588. The van der Waals surface area contributed by atoms with E-state index in [-0.39, 0.29) is 0 Å². The molecule has 3 aromatic heterocycles. The molecule has 0 amide bonds. The van der Waals surface area contributed by atoms with Crippen LogP contribution in [0.3, 0.4) is 0 Å². The summed E-state index contributed by atoms with van der Waals surface area (Å²) in [5.74, 6) is 9.63. The molecule has 0 aliphatic heterocycles. The lowest BCUT2D eigenvalue weighted by Crippen LogP contribution is -1.82. The molecule has 0 aliphatic carbocycles. The Bertz CT molecular complexity index is 878. The van der Waals surface area contributed by atoms with Crippen LogP contribution in [0.1, 0.15) is 18.1 Å². The second-order valence-corrected chi connectivity index (χ2v) is 8.47. The van der Waals surface area contributed by atoms with Crippen molar-refractivity contribution in [1.82, 2.24) is 0 Å². The van der Waals surface area contributed by atoms with Crippen molar-refractivity contribution in [3.8, 4) is 43.9 Å². The van der Waals surface area contributed by atoms with Gasteiger partial charge in [-0.15, -0.1) is 17.3 Å². The number of thiophene rings is 3. The van der Waals surface area contributed by atoms with E-state index in [1.807, 2.05) is 6.92 Å². The Morgan fingerprint density at radius 1 is 0.955 bits per heavy atom. The molecule has 0 spiro atoms. The van der Waals surface area contributed by atoms with E-state index in [1.165, 1.54) is 29.8 Å². The van der Waals surface area contributed by atoms with Gasteiger partial charge in [0.15, 0.2) is 0 Å². The molecule has 0 radical (unpaired) electrons. The zero-order chi connectivity index (χ0) is 15.4. The summed E-state index contributed by atoms with van der Waals surface area (Å²) >= 11 is 7.41. The topological polar surface area (TPSA) is 0 Å². The first-order valence-electron chi connectivity index (χ1n) is 6.28. The summed E-state index contributed by atoms with van der Waals surface area (Å²) in [5, 5.41) is 11.7. The van der Waals surface area contributed by atoms with Crippen LogP contribution in [-0.4, -0.2) is 0 Å². The van der Waals surface area contributed by atoms with Crippen molar-refractivity contribution in [1.29, 1.82) is 0 Å². The van der Waals surface area contributed by atoms with E-state index in [0.29, 0.717) is 0 Å². The molecule has 108 valence electrons. The van der Waals surface area contributed by atoms with Gasteiger partial charge in [-0.3, -0.25) is 0 Å². The molecule has 0 fully saturated rings. The highest BCUT2D eigenvalue weighted by Crippen LogP contribution is 2.43. The van der Waals surface area contributed by atoms with Gasteiger partial charge in [-0.25, -0.2) is 0 Å². The van der Waals surface area contributed by atoms with Crippen molar-refractivity contribution in [3.05, 3.63) is 44.8 Å². The minimum Gasteiger partial charge on any atom is -0.152 e. The van der Waals surface area contributed by atoms with Crippen molar-refractivity contribution in [2.75, 3.05) is 0 Å². The Balaban J connectivity index is 2.29. The van der Waals surface area contributed by atoms with Crippen LogP contribution in [0, 0.1) is 23.0 Å². The van der Waals surface area contributed by atoms with Gasteiger partial charge in [0.05, 0.1) is 20.9 Å². The van der Waals surface area contributed by atoms with E-state index in [2.05, 4.69) is 77.9 Å².